The average Bonchev–Trinajstić information content (AvgIpc) is 3.46. The van der Waals surface area contributed by atoms with Crippen LogP contribution in [-0.2, 0) is 36.7 Å². The second-order valence-electron chi connectivity index (χ2n) is 15.4. The molecule has 5 aromatic rings. The number of allylic oxidation sites excluding steroid dienone is 2. The predicted molar refractivity (Wildman–Crippen MR) is 209 cm³/mol. The summed E-state index contributed by atoms with van der Waals surface area (Å²) < 4.78 is 2.66. The van der Waals surface area contributed by atoms with Crippen LogP contribution in [0.4, 0.5) is 0 Å². The van der Waals surface area contributed by atoms with Gasteiger partial charge in [0, 0.05) is 63.7 Å². The van der Waals surface area contributed by atoms with Gasteiger partial charge in [0.05, 0.1) is 0 Å². The molecule has 2 aromatic heterocycles. The van der Waals surface area contributed by atoms with E-state index in [-0.39, 0.29) is 47.9 Å². The summed E-state index contributed by atoms with van der Waals surface area (Å²) >= 11 is 1.89. The Labute approximate surface area is 313 Å². The van der Waals surface area contributed by atoms with E-state index in [0.29, 0.717) is 5.92 Å². The number of rotatable bonds is 10. The molecule has 0 atom stereocenters. The van der Waals surface area contributed by atoms with Gasteiger partial charge in [-0.2, -0.15) is 0 Å². The molecule has 0 aliphatic rings. The van der Waals surface area contributed by atoms with E-state index in [4.69, 9.17) is 4.98 Å². The summed E-state index contributed by atoms with van der Waals surface area (Å²) in [5.41, 5.74) is 4.36. The summed E-state index contributed by atoms with van der Waals surface area (Å²) in [5, 5.41) is 15.2. The number of hydrogen-bond donors (Lipinski definition) is 1. The van der Waals surface area contributed by atoms with E-state index in [9.17, 15) is 9.90 Å². The van der Waals surface area contributed by atoms with Crippen molar-refractivity contribution >= 4 is 48.1 Å². The van der Waals surface area contributed by atoms with Crippen LogP contribution in [0.3, 0.4) is 0 Å². The number of carbonyl (C=O) groups excluding carboxylic acids is 1. The Morgan fingerprint density at radius 2 is 1.43 bits per heavy atom. The molecule has 3 nitrogen and oxygen atoms in total. The molecule has 1 radical (unpaired) electrons. The molecule has 0 spiro atoms. The van der Waals surface area contributed by atoms with Gasteiger partial charge in [-0.05, 0) is 60.5 Å². The molecule has 49 heavy (non-hydrogen) atoms. The first kappa shape index (κ1) is 40.6. The van der Waals surface area contributed by atoms with Gasteiger partial charge in [-0.25, -0.2) is 0 Å². The third kappa shape index (κ3) is 8.73. The summed E-state index contributed by atoms with van der Waals surface area (Å²) in [7, 11) is 0. The molecule has 265 valence electrons. The zero-order valence-corrected chi connectivity index (χ0v) is 34.7. The minimum Gasteiger partial charge on any atom is -0.512 e. The molecular weight excluding hydrogens is 799 g/mol. The molecule has 0 unspecified atom stereocenters. The molecule has 5 heteroatoms. The quantitative estimate of drug-likeness (QED) is 0.0865. The molecule has 0 bridgehead atoms. The van der Waals surface area contributed by atoms with Gasteiger partial charge in [-0.1, -0.05) is 124 Å². The van der Waals surface area contributed by atoms with Crippen molar-refractivity contribution in [2.45, 2.75) is 114 Å². The number of aliphatic hydroxyl groups is 1. The Bertz CT molecular complexity index is 1920. The van der Waals surface area contributed by atoms with Crippen LogP contribution in [-0.4, -0.2) is 15.9 Å². The first-order chi connectivity index (χ1) is 22.6. The second-order valence-corrected chi connectivity index (χ2v) is 16.4. The third-order valence-electron chi connectivity index (χ3n) is 10.6. The molecule has 1 N–H and O–H groups in total. The van der Waals surface area contributed by atoms with Crippen molar-refractivity contribution in [3.05, 3.63) is 89.8 Å². The summed E-state index contributed by atoms with van der Waals surface area (Å²) in [6.07, 6.45) is 7.81. The molecule has 0 fully saturated rings. The maximum Gasteiger partial charge on any atom is 0.164 e. The first-order valence-electron chi connectivity index (χ1n) is 17.8. The molecule has 0 saturated carbocycles. The number of aromatic nitrogens is 1. The number of benzene rings is 3. The summed E-state index contributed by atoms with van der Waals surface area (Å²) in [4.78, 5) is 17.1. The Balaban J connectivity index is 0.000000312. The van der Waals surface area contributed by atoms with E-state index in [2.05, 4.69) is 95.3 Å². The number of thiophene rings is 1. The van der Waals surface area contributed by atoms with Crippen LogP contribution >= 0.6 is 11.3 Å². The Morgan fingerprint density at radius 3 is 2.02 bits per heavy atom. The standard InChI is InChI=1S/C29H28NS.C15H28O2.Ir/c1-18(2)15-20-10-8-12-23-24-13-14-30-26(28(24)31-27(20)23)21-16-19-9-6-7-11-22(19)25(17-21)29(3,4)5;1-7-14(5,8-2)12(16)11-13(17)15(6,9-3)10-4;/h6-14,17-18H,15H2,1-5H3;11,16H,7-10H2,1-6H3;/q-1;;/b;12-11-;. The molecule has 0 saturated heterocycles. The number of pyridine rings is 1. The number of ketones is 1. The largest absolute Gasteiger partial charge is 0.512 e. The summed E-state index contributed by atoms with van der Waals surface area (Å²) in [5.74, 6) is 0.922. The maximum absolute atomic E-state index is 12.2. The first-order valence-corrected chi connectivity index (χ1v) is 18.6. The minimum atomic E-state index is -0.337. The van der Waals surface area contributed by atoms with Gasteiger partial charge in [0.1, 0.15) is 5.76 Å². The fourth-order valence-corrected chi connectivity index (χ4v) is 7.56. The third-order valence-corrected chi connectivity index (χ3v) is 11.9. The van der Waals surface area contributed by atoms with Crippen molar-refractivity contribution in [3.63, 3.8) is 0 Å². The van der Waals surface area contributed by atoms with Gasteiger partial charge < -0.3 is 5.11 Å². The van der Waals surface area contributed by atoms with E-state index in [0.717, 1.165) is 48.7 Å². The van der Waals surface area contributed by atoms with Crippen LogP contribution in [0.5, 0.6) is 0 Å². The van der Waals surface area contributed by atoms with Crippen LogP contribution in [0.15, 0.2) is 72.6 Å². The smallest absolute Gasteiger partial charge is 0.164 e. The van der Waals surface area contributed by atoms with Crippen LogP contribution in [0.2, 0.25) is 0 Å². The normalized spacial score (nSPS) is 12.7. The van der Waals surface area contributed by atoms with Crippen molar-refractivity contribution in [1.29, 1.82) is 0 Å². The molecule has 5 rings (SSSR count). The fraction of sp³-hybridized carbons (Fsp3) is 0.455. The minimum absolute atomic E-state index is 0. The van der Waals surface area contributed by atoms with Crippen LogP contribution in [0.1, 0.15) is 113 Å². The number of carbonyl (C=O) groups is 1. The number of aliphatic hydroxyl groups excluding tert-OH is 1. The molecule has 3 aromatic carbocycles. The second kappa shape index (κ2) is 16.4. The zero-order valence-electron chi connectivity index (χ0n) is 31.5. The Morgan fingerprint density at radius 1 is 0.837 bits per heavy atom. The number of fused-ring (bicyclic) bond motifs is 4. The summed E-state index contributed by atoms with van der Waals surface area (Å²) in [6.45, 7) is 23.5. The van der Waals surface area contributed by atoms with E-state index < -0.39 is 0 Å². The maximum atomic E-state index is 12.2. The van der Waals surface area contributed by atoms with E-state index in [1.807, 2.05) is 59.1 Å². The van der Waals surface area contributed by atoms with Crippen molar-refractivity contribution in [1.82, 2.24) is 4.98 Å². The van der Waals surface area contributed by atoms with Crippen LogP contribution < -0.4 is 0 Å². The molecule has 2 heterocycles. The SMILES string of the molecule is CC(C)Cc1cccc2c1sc1c(-c3[c-]c4ccccc4c(C(C)(C)C)c3)nccc12.CCC(C)(CC)C(=O)/C=C(\O)C(C)(CC)CC.[Ir]. The molecule has 0 aliphatic heterocycles. The van der Waals surface area contributed by atoms with Gasteiger partial charge in [-0.3, -0.25) is 9.78 Å². The van der Waals surface area contributed by atoms with Gasteiger partial charge in [-0.15, -0.1) is 40.5 Å². The van der Waals surface area contributed by atoms with Gasteiger partial charge in [0.25, 0.3) is 0 Å². The van der Waals surface area contributed by atoms with Gasteiger partial charge >= 0.3 is 0 Å². The predicted octanol–water partition coefficient (Wildman–Crippen LogP) is 13.2. The number of nitrogens with zero attached hydrogens (tertiary/aromatic N) is 1. The monoisotopic (exact) mass is 855 g/mol. The zero-order chi connectivity index (χ0) is 35.4. The molecule has 0 amide bonds. The summed E-state index contributed by atoms with van der Waals surface area (Å²) in [6, 6.07) is 23.5. The Kier molecular flexibility index (Phi) is 13.6. The van der Waals surface area contributed by atoms with E-state index in [1.165, 1.54) is 42.8 Å². The van der Waals surface area contributed by atoms with Crippen molar-refractivity contribution in [2.75, 3.05) is 0 Å². The van der Waals surface area contributed by atoms with Crippen LogP contribution in [0.25, 0.3) is 42.2 Å². The van der Waals surface area contributed by atoms with E-state index >= 15 is 0 Å². The average molecular weight is 855 g/mol. The van der Waals surface area contributed by atoms with Crippen LogP contribution in [0, 0.1) is 22.8 Å². The molecular formula is C44H56IrNO2S-. The van der Waals surface area contributed by atoms with E-state index in [1.54, 1.807) is 0 Å². The van der Waals surface area contributed by atoms with Gasteiger partial charge in [0.2, 0.25) is 0 Å². The number of hydrogen-bond acceptors (Lipinski definition) is 4. The topological polar surface area (TPSA) is 50.2 Å². The van der Waals surface area contributed by atoms with Crippen molar-refractivity contribution in [2.24, 2.45) is 16.7 Å². The van der Waals surface area contributed by atoms with Crippen molar-refractivity contribution < 1.29 is 30.0 Å². The Hall–Kier alpha value is -2.85. The van der Waals surface area contributed by atoms with Crippen molar-refractivity contribution in [3.8, 4) is 11.3 Å². The van der Waals surface area contributed by atoms with Gasteiger partial charge in [0.15, 0.2) is 5.78 Å². The fourth-order valence-electron chi connectivity index (χ4n) is 6.24. The molecule has 0 aliphatic carbocycles.